The first-order chi connectivity index (χ1) is 24.6. The van der Waals surface area contributed by atoms with Crippen molar-refractivity contribution in [2.45, 2.75) is 82.6 Å². The van der Waals surface area contributed by atoms with Gasteiger partial charge in [-0.25, -0.2) is 19.2 Å². The van der Waals surface area contributed by atoms with Crippen molar-refractivity contribution in [2.75, 3.05) is 92.1 Å². The highest BCUT2D eigenvalue weighted by Gasteiger charge is 2.98. The molecule has 18 nitrogen and oxygen atoms in total. The standard InChI is InChI=1S/C34H55N7O11/c1-38-15-17-39(19-20-41(25-31(48)49)22-21-40(18-16-38,24-30(46)47)34(38,39)41)23-26(42)9-4-2-3-5-11-28(43)35-13-7-6-10-27(32(50)51)37-33(52)36-14-8-12-29(44)45/h27H,2-25H2,1H3,(H3-4,35,36,37,43,44,45,46,47,48,49,50,51,52)/p+4/t27-,34-,38?,39-,40?,41-/m0/s1. The number of unbranched alkanes of at least 4 members (excludes halogenated alkanes) is 4. The Hall–Kier alpha value is -3.87. The molecule has 4 heterocycles. The van der Waals surface area contributed by atoms with E-state index in [2.05, 4.69) is 23.0 Å². The highest BCUT2D eigenvalue weighted by atomic mass is 16.4. The molecule has 292 valence electrons. The van der Waals surface area contributed by atoms with Crippen LogP contribution < -0.4 is 16.0 Å². The van der Waals surface area contributed by atoms with E-state index < -0.39 is 41.9 Å². The van der Waals surface area contributed by atoms with E-state index in [0.717, 1.165) is 32.5 Å². The first-order valence-electron chi connectivity index (χ1n) is 18.7. The molecule has 52 heavy (non-hydrogen) atoms. The van der Waals surface area contributed by atoms with Gasteiger partial charge >= 0.3 is 35.8 Å². The van der Waals surface area contributed by atoms with E-state index in [1.165, 1.54) is 0 Å². The number of rotatable bonds is 24. The van der Waals surface area contributed by atoms with Crippen LogP contribution in [0.25, 0.3) is 0 Å². The number of carbonyl (C=O) groups excluding carboxylic acids is 3. The number of nitrogens with zero attached hydrogens (tertiary/aromatic N) is 4. The van der Waals surface area contributed by atoms with Crippen LogP contribution in [0.3, 0.4) is 0 Å². The van der Waals surface area contributed by atoms with Gasteiger partial charge in [-0.1, -0.05) is 12.8 Å². The molecule has 0 saturated carbocycles. The fraction of sp³-hybridized carbons (Fsp3) is 0.794. The topological polar surface area (TPSA) is 236 Å². The third kappa shape index (κ3) is 8.19. The van der Waals surface area contributed by atoms with Gasteiger partial charge < -0.3 is 36.4 Å². The Morgan fingerprint density at radius 3 is 1.63 bits per heavy atom. The van der Waals surface area contributed by atoms with Crippen molar-refractivity contribution in [2.24, 2.45) is 0 Å². The van der Waals surface area contributed by atoms with Gasteiger partial charge in [0.2, 0.25) is 5.91 Å². The Morgan fingerprint density at radius 1 is 0.577 bits per heavy atom. The van der Waals surface area contributed by atoms with Crippen LogP contribution >= 0.6 is 0 Å². The quantitative estimate of drug-likeness (QED) is 0.0494. The second kappa shape index (κ2) is 16.9. The lowest BCUT2D eigenvalue weighted by molar-refractivity contribution is -1.36. The number of likely N-dealkylation sites (N-methyl/N-ethyl adjacent to an activating group) is 1. The van der Waals surface area contributed by atoms with E-state index >= 15 is 0 Å². The van der Waals surface area contributed by atoms with Crippen molar-refractivity contribution < 1.29 is 71.9 Å². The third-order valence-corrected chi connectivity index (χ3v) is 12.3. The number of amides is 3. The van der Waals surface area contributed by atoms with Crippen LogP contribution in [0.4, 0.5) is 4.79 Å². The number of nitrogens with one attached hydrogen (secondary N) is 3. The smallest absolute Gasteiger partial charge is 0.481 e. The van der Waals surface area contributed by atoms with Gasteiger partial charge in [0.05, 0.1) is 7.05 Å². The lowest BCUT2D eigenvalue weighted by Gasteiger charge is -2.49. The van der Waals surface area contributed by atoms with E-state index in [4.69, 9.17) is 5.11 Å². The molecule has 2 unspecified atom stereocenters. The minimum absolute atomic E-state index is 0.0576. The summed E-state index contributed by atoms with van der Waals surface area (Å²) >= 11 is 0. The number of hydrogen-bond acceptors (Lipinski definition) is 7. The number of quaternary nitrogens is 4. The van der Waals surface area contributed by atoms with Crippen LogP contribution in [0, 0.1) is 0 Å². The van der Waals surface area contributed by atoms with E-state index in [9.17, 15) is 48.9 Å². The van der Waals surface area contributed by atoms with E-state index in [1.807, 2.05) is 0 Å². The number of carbonyl (C=O) groups is 7. The molecular formula is C34H59N7O11+4. The summed E-state index contributed by atoms with van der Waals surface area (Å²) in [6.45, 7) is 6.17. The zero-order valence-electron chi connectivity index (χ0n) is 30.5. The summed E-state index contributed by atoms with van der Waals surface area (Å²) in [6.07, 6.45) is 4.94. The molecule has 0 radical (unpaired) electrons. The number of urea groups is 1. The van der Waals surface area contributed by atoms with E-state index in [1.54, 1.807) is 0 Å². The largest absolute Gasteiger partial charge is 0.482 e. The summed E-state index contributed by atoms with van der Waals surface area (Å²) in [5, 5.41) is 45.7. The zero-order valence-corrected chi connectivity index (χ0v) is 30.5. The van der Waals surface area contributed by atoms with Crippen molar-refractivity contribution >= 4 is 41.6 Å². The number of Topliss-reactive ketones (excluding diaryl/α,β-unsaturated/α-hetero) is 1. The Labute approximate surface area is 304 Å². The molecule has 18 heteroatoms. The number of aliphatic carboxylic acids is 4. The Balaban J connectivity index is 1.15. The minimum Gasteiger partial charge on any atom is -0.481 e. The average molecular weight is 742 g/mol. The van der Waals surface area contributed by atoms with Gasteiger partial charge in [0.15, 0.2) is 25.4 Å². The van der Waals surface area contributed by atoms with Crippen LogP contribution in [0.2, 0.25) is 0 Å². The summed E-state index contributed by atoms with van der Waals surface area (Å²) in [5.74, 6) is -4.61. The molecule has 0 aromatic rings. The molecule has 4 rings (SSSR count). The van der Waals surface area contributed by atoms with Crippen LogP contribution in [0.1, 0.15) is 70.6 Å². The number of carboxylic acids is 4. The predicted octanol–water partition coefficient (Wildman–Crippen LogP) is -0.468. The molecule has 4 aliphatic rings. The maximum Gasteiger partial charge on any atom is 0.482 e. The van der Waals surface area contributed by atoms with E-state index in [-0.39, 0.29) is 50.6 Å². The maximum atomic E-state index is 13.6. The van der Waals surface area contributed by atoms with Gasteiger partial charge in [0, 0.05) is 32.4 Å². The van der Waals surface area contributed by atoms with Crippen molar-refractivity contribution in [3.63, 3.8) is 0 Å². The first-order valence-corrected chi connectivity index (χ1v) is 18.7. The maximum absolute atomic E-state index is 13.6. The first kappa shape index (κ1) is 40.9. The second-order valence-electron chi connectivity index (χ2n) is 15.6. The summed E-state index contributed by atoms with van der Waals surface area (Å²) in [5.41, 5.74) is 0. The lowest BCUT2D eigenvalue weighted by Crippen LogP contribution is -2.85. The average Bonchev–Trinajstić information content (AvgIpc) is 3.68. The molecule has 3 amide bonds. The Morgan fingerprint density at radius 2 is 1.10 bits per heavy atom. The van der Waals surface area contributed by atoms with Gasteiger partial charge in [-0.15, -0.1) is 8.97 Å². The fourth-order valence-electron chi connectivity index (χ4n) is 10.5. The van der Waals surface area contributed by atoms with Gasteiger partial charge in [-0.2, -0.15) is 8.97 Å². The van der Waals surface area contributed by atoms with Crippen LogP contribution in [-0.2, 0) is 28.8 Å². The minimum atomic E-state index is -1.18. The molecule has 4 saturated heterocycles. The Bertz CT molecular complexity index is 1370. The van der Waals surface area contributed by atoms with Gasteiger partial charge in [0.25, 0.3) is 0 Å². The van der Waals surface area contributed by atoms with Crippen molar-refractivity contribution in [3.05, 3.63) is 0 Å². The van der Waals surface area contributed by atoms with Crippen molar-refractivity contribution in [3.8, 4) is 0 Å². The SMILES string of the molecule is C[N+]12CC[N+]3(CC(=O)O)CC[N@+]4(CC(=O)O)CC[N@+](CC(=O)CCCCCCC(=O)NCCCC[C@H](NC(=O)NCCCC(=O)O)C(=O)O)(CC1)[C@@]234. The molecule has 4 aliphatic heterocycles. The number of ketones is 1. The van der Waals surface area contributed by atoms with Gasteiger partial charge in [-0.3, -0.25) is 14.4 Å². The van der Waals surface area contributed by atoms with E-state index in [0.29, 0.717) is 102 Å². The highest BCUT2D eigenvalue weighted by Crippen LogP contribution is 2.61. The molecule has 1 spiro atoms. The molecule has 0 aromatic heterocycles. The van der Waals surface area contributed by atoms with Crippen LogP contribution in [-0.4, -0.2) is 184 Å². The summed E-state index contributed by atoms with van der Waals surface area (Å²) in [7, 11) is 2.15. The molecule has 0 bridgehead atoms. The zero-order chi connectivity index (χ0) is 38.2. The molecule has 6 atom stereocenters. The molecule has 7 N–H and O–H groups in total. The predicted molar refractivity (Wildman–Crippen MR) is 183 cm³/mol. The normalized spacial score (nSPS) is 30.2. The third-order valence-electron chi connectivity index (χ3n) is 12.3. The highest BCUT2D eigenvalue weighted by molar-refractivity contribution is 5.82. The summed E-state index contributed by atoms with van der Waals surface area (Å²) in [4.78, 5) is 84.4. The molecule has 0 aliphatic carbocycles. The Kier molecular flexibility index (Phi) is 13.3. The second-order valence-corrected chi connectivity index (χ2v) is 15.6. The molecular weight excluding hydrogens is 682 g/mol. The van der Waals surface area contributed by atoms with Gasteiger partial charge in [-0.05, 0) is 38.5 Å². The van der Waals surface area contributed by atoms with Crippen LogP contribution in [0.15, 0.2) is 0 Å². The summed E-state index contributed by atoms with van der Waals surface area (Å²) in [6, 6.07) is -1.78. The molecule has 0 aromatic carbocycles. The van der Waals surface area contributed by atoms with Crippen molar-refractivity contribution in [1.82, 2.24) is 16.0 Å². The lowest BCUT2D eigenvalue weighted by atomic mass is 10.1. The van der Waals surface area contributed by atoms with Crippen LogP contribution in [0.5, 0.6) is 0 Å². The number of carboxylic acid groups (broad SMARTS) is 4. The van der Waals surface area contributed by atoms with Crippen molar-refractivity contribution in [1.29, 1.82) is 0 Å². The summed E-state index contributed by atoms with van der Waals surface area (Å²) < 4.78 is 1.78. The number of hydrogen-bond donors (Lipinski definition) is 7. The van der Waals surface area contributed by atoms with Gasteiger partial charge in [0.1, 0.15) is 58.4 Å². The monoisotopic (exact) mass is 741 g/mol. The molecule has 4 fully saturated rings. The fourth-order valence-corrected chi connectivity index (χ4v) is 10.5.